The molecule has 1 fully saturated rings. The number of hydrogen-bond acceptors (Lipinski definition) is 1. The Kier molecular flexibility index (Phi) is 6.77. The zero-order valence-corrected chi connectivity index (χ0v) is 19.0. The van der Waals surface area contributed by atoms with Gasteiger partial charge in [0.1, 0.15) is 0 Å². The van der Waals surface area contributed by atoms with Gasteiger partial charge in [0.15, 0.2) is 5.78 Å². The van der Waals surface area contributed by atoms with Gasteiger partial charge in [0.25, 0.3) is 0 Å². The van der Waals surface area contributed by atoms with Gasteiger partial charge in [-0.3, -0.25) is 4.79 Å². The monoisotopic (exact) mass is 388 g/mol. The number of carbonyl (C=O) groups excluding carboxylic acids is 1. The van der Waals surface area contributed by atoms with Gasteiger partial charge in [0.05, 0.1) is 0 Å². The lowest BCUT2D eigenvalue weighted by atomic mass is 9.78. The number of carbonyl (C=O) groups is 1. The summed E-state index contributed by atoms with van der Waals surface area (Å²) >= 11 is 0. The third-order valence-electron chi connectivity index (χ3n) is 6.76. The van der Waals surface area contributed by atoms with E-state index in [0.29, 0.717) is 11.8 Å². The fourth-order valence-corrected chi connectivity index (χ4v) is 4.55. The van der Waals surface area contributed by atoms with Gasteiger partial charge < -0.3 is 0 Å². The van der Waals surface area contributed by atoms with Gasteiger partial charge >= 0.3 is 0 Å². The predicted molar refractivity (Wildman–Crippen MR) is 125 cm³/mol. The van der Waals surface area contributed by atoms with Gasteiger partial charge in [0, 0.05) is 11.1 Å². The van der Waals surface area contributed by atoms with E-state index in [1.54, 1.807) is 0 Å². The third kappa shape index (κ3) is 4.71. The van der Waals surface area contributed by atoms with Crippen LogP contribution in [0, 0.1) is 5.92 Å². The Morgan fingerprint density at radius 1 is 0.862 bits per heavy atom. The first-order chi connectivity index (χ1) is 13.8. The van der Waals surface area contributed by atoms with Crippen LogP contribution in [0.5, 0.6) is 0 Å². The van der Waals surface area contributed by atoms with Crippen LogP contribution in [0.3, 0.4) is 0 Å². The van der Waals surface area contributed by atoms with E-state index in [9.17, 15) is 4.79 Å². The van der Waals surface area contributed by atoms with Crippen LogP contribution in [0.1, 0.15) is 112 Å². The summed E-state index contributed by atoms with van der Waals surface area (Å²) in [4.78, 5) is 13.8. The Labute approximate surface area is 177 Å². The second-order valence-corrected chi connectivity index (χ2v) is 9.46. The van der Waals surface area contributed by atoms with Crippen LogP contribution in [-0.4, -0.2) is 5.78 Å². The Morgan fingerprint density at radius 2 is 1.52 bits per heavy atom. The fraction of sp³-hybridized carbons (Fsp3) is 0.464. The molecule has 0 unspecified atom stereocenters. The fourth-order valence-electron chi connectivity index (χ4n) is 4.55. The summed E-state index contributed by atoms with van der Waals surface area (Å²) in [5, 5.41) is 0. The van der Waals surface area contributed by atoms with Crippen LogP contribution in [0.4, 0.5) is 0 Å². The summed E-state index contributed by atoms with van der Waals surface area (Å²) < 4.78 is 0. The van der Waals surface area contributed by atoms with E-state index in [1.807, 2.05) is 18.2 Å². The molecule has 0 aliphatic heterocycles. The molecule has 29 heavy (non-hydrogen) atoms. The van der Waals surface area contributed by atoms with Crippen molar-refractivity contribution >= 4 is 11.4 Å². The molecule has 1 heteroatoms. The Morgan fingerprint density at radius 3 is 2.14 bits per heavy atom. The number of benzene rings is 2. The normalized spacial score (nSPS) is 19.3. The summed E-state index contributed by atoms with van der Waals surface area (Å²) in [6.45, 7) is 13.1. The second-order valence-electron chi connectivity index (χ2n) is 9.46. The second kappa shape index (κ2) is 9.11. The molecule has 3 rings (SSSR count). The Balaban J connectivity index is 2.10. The van der Waals surface area contributed by atoms with Crippen LogP contribution in [0.25, 0.3) is 5.57 Å². The zero-order chi connectivity index (χ0) is 21.1. The van der Waals surface area contributed by atoms with E-state index in [1.165, 1.54) is 42.4 Å². The highest BCUT2D eigenvalue weighted by Crippen LogP contribution is 2.37. The Bertz CT molecular complexity index is 904. The molecule has 0 heterocycles. The van der Waals surface area contributed by atoms with Crippen LogP contribution in [0.2, 0.25) is 0 Å². The molecule has 2 aromatic carbocycles. The first kappa shape index (κ1) is 21.6. The molecule has 1 aliphatic rings. The number of allylic oxidation sites excluding steroid dienone is 2. The molecule has 1 nitrogen and oxygen atoms in total. The van der Waals surface area contributed by atoms with Crippen LogP contribution >= 0.6 is 0 Å². The summed E-state index contributed by atoms with van der Waals surface area (Å²) in [6.07, 6.45) is 5.05. The Hall–Kier alpha value is -2.15. The van der Waals surface area contributed by atoms with Crippen molar-refractivity contribution in [2.75, 3.05) is 0 Å². The highest BCUT2D eigenvalue weighted by molar-refractivity contribution is 6.12. The molecule has 0 aromatic heterocycles. The minimum Gasteiger partial charge on any atom is -0.289 e. The van der Waals surface area contributed by atoms with E-state index in [4.69, 9.17) is 0 Å². The lowest BCUT2D eigenvalue weighted by molar-refractivity contribution is 0.103. The summed E-state index contributed by atoms with van der Waals surface area (Å²) in [7, 11) is 0. The molecule has 0 radical (unpaired) electrons. The number of hydrogen-bond donors (Lipinski definition) is 0. The van der Waals surface area contributed by atoms with E-state index in [2.05, 4.69) is 65.8 Å². The van der Waals surface area contributed by atoms with Crippen molar-refractivity contribution < 1.29 is 4.79 Å². The average molecular weight is 389 g/mol. The highest BCUT2D eigenvalue weighted by Gasteiger charge is 2.24. The van der Waals surface area contributed by atoms with E-state index in [0.717, 1.165) is 28.2 Å². The molecule has 0 N–H and O–H groups in total. The van der Waals surface area contributed by atoms with E-state index < -0.39 is 0 Å². The molecule has 0 amide bonds. The van der Waals surface area contributed by atoms with E-state index in [-0.39, 0.29) is 5.78 Å². The van der Waals surface area contributed by atoms with Crippen LogP contribution in [-0.2, 0) is 0 Å². The standard InChI is InChI=1S/C28H36O/c1-18(2)21(6)25-16-15-23(22-13-11-20(5)12-14-22)17-27(25)28(29)26-10-8-7-9-24(26)19(3)4/h7-10,15-17,19-20,22H,11-14H2,1-6H3. The molecule has 0 atom stereocenters. The van der Waals surface area contributed by atoms with Gasteiger partial charge in [-0.1, -0.05) is 75.6 Å². The quantitative estimate of drug-likeness (QED) is 0.472. The van der Waals surface area contributed by atoms with Crippen molar-refractivity contribution in [3.05, 3.63) is 75.9 Å². The third-order valence-corrected chi connectivity index (χ3v) is 6.76. The summed E-state index contributed by atoms with van der Waals surface area (Å²) in [5.41, 5.74) is 7.74. The average Bonchev–Trinajstić information content (AvgIpc) is 2.72. The first-order valence-electron chi connectivity index (χ1n) is 11.2. The lowest BCUT2D eigenvalue weighted by Gasteiger charge is -2.27. The molecule has 1 aliphatic carbocycles. The van der Waals surface area contributed by atoms with Crippen LogP contribution < -0.4 is 0 Å². The van der Waals surface area contributed by atoms with Crippen molar-refractivity contribution in [3.63, 3.8) is 0 Å². The smallest absolute Gasteiger partial charge is 0.193 e. The molecular weight excluding hydrogens is 352 g/mol. The molecule has 1 saturated carbocycles. The van der Waals surface area contributed by atoms with Crippen LogP contribution in [0.15, 0.2) is 48.0 Å². The molecule has 0 saturated heterocycles. The maximum absolute atomic E-state index is 13.8. The van der Waals surface area contributed by atoms with Gasteiger partial charge in [-0.15, -0.1) is 0 Å². The molecule has 154 valence electrons. The van der Waals surface area contributed by atoms with Crippen molar-refractivity contribution in [1.82, 2.24) is 0 Å². The maximum atomic E-state index is 13.8. The van der Waals surface area contributed by atoms with Crippen molar-refractivity contribution in [3.8, 4) is 0 Å². The number of rotatable bonds is 5. The van der Waals surface area contributed by atoms with Crippen molar-refractivity contribution in [2.24, 2.45) is 5.92 Å². The topological polar surface area (TPSA) is 17.1 Å². The maximum Gasteiger partial charge on any atom is 0.193 e. The number of ketones is 1. The minimum absolute atomic E-state index is 0.163. The molecule has 2 aromatic rings. The molecular formula is C28H36O. The lowest BCUT2D eigenvalue weighted by Crippen LogP contribution is -2.13. The van der Waals surface area contributed by atoms with Crippen molar-refractivity contribution in [1.29, 1.82) is 0 Å². The van der Waals surface area contributed by atoms with Gasteiger partial charge in [-0.2, -0.15) is 0 Å². The molecule has 0 spiro atoms. The first-order valence-corrected chi connectivity index (χ1v) is 11.2. The minimum atomic E-state index is 0.163. The van der Waals surface area contributed by atoms with Gasteiger partial charge in [-0.25, -0.2) is 0 Å². The van der Waals surface area contributed by atoms with E-state index >= 15 is 0 Å². The largest absolute Gasteiger partial charge is 0.289 e. The zero-order valence-electron chi connectivity index (χ0n) is 19.0. The van der Waals surface area contributed by atoms with Crippen molar-refractivity contribution in [2.45, 2.75) is 79.1 Å². The predicted octanol–water partition coefficient (Wildman–Crippen LogP) is 8.15. The van der Waals surface area contributed by atoms with Gasteiger partial charge in [0.2, 0.25) is 0 Å². The van der Waals surface area contributed by atoms with Gasteiger partial charge in [-0.05, 0) is 79.7 Å². The highest BCUT2D eigenvalue weighted by atomic mass is 16.1. The SMILES string of the molecule is CC(C)=C(C)c1ccc(C2CCC(C)CC2)cc1C(=O)c1ccccc1C(C)C. The summed E-state index contributed by atoms with van der Waals surface area (Å²) in [5.74, 6) is 1.90. The summed E-state index contributed by atoms with van der Waals surface area (Å²) in [6, 6.07) is 14.8. The molecule has 0 bridgehead atoms.